The Bertz CT molecular complexity index is 759. The highest BCUT2D eigenvalue weighted by Crippen LogP contribution is 2.27. The molecule has 0 aliphatic carbocycles. The minimum Gasteiger partial charge on any atom is -0.494 e. The van der Waals surface area contributed by atoms with E-state index in [-0.39, 0.29) is 12.5 Å². The Balaban J connectivity index is 1.81. The minimum atomic E-state index is -0.305. The first-order chi connectivity index (χ1) is 13.2. The van der Waals surface area contributed by atoms with E-state index >= 15 is 0 Å². The quantitative estimate of drug-likeness (QED) is 0.510. The molecule has 0 fully saturated rings. The number of methoxy groups -OCH3 is 1. The zero-order valence-corrected chi connectivity index (χ0v) is 15.7. The third-order valence-electron chi connectivity index (χ3n) is 3.41. The number of carbonyl (C=O) groups is 1. The van der Waals surface area contributed by atoms with E-state index in [2.05, 4.69) is 10.5 Å². The van der Waals surface area contributed by atoms with Crippen molar-refractivity contribution in [2.75, 3.05) is 32.2 Å². The molecule has 0 aliphatic rings. The molecule has 0 radical (unpaired) electrons. The van der Waals surface area contributed by atoms with Crippen molar-refractivity contribution in [3.8, 4) is 17.2 Å². The molecule has 0 saturated carbocycles. The highest BCUT2D eigenvalue weighted by Gasteiger charge is 2.05. The second-order valence-electron chi connectivity index (χ2n) is 5.36. The summed E-state index contributed by atoms with van der Waals surface area (Å²) in [7, 11) is 1.57. The number of anilines is 1. The summed E-state index contributed by atoms with van der Waals surface area (Å²) >= 11 is 0. The van der Waals surface area contributed by atoms with Crippen LogP contribution in [0.4, 0.5) is 5.69 Å². The van der Waals surface area contributed by atoms with Crippen molar-refractivity contribution in [3.05, 3.63) is 48.0 Å². The molecule has 0 unspecified atom stereocenters. The third-order valence-corrected chi connectivity index (χ3v) is 3.41. The van der Waals surface area contributed by atoms with Crippen molar-refractivity contribution < 1.29 is 23.8 Å². The predicted molar refractivity (Wildman–Crippen MR) is 104 cm³/mol. The van der Waals surface area contributed by atoms with E-state index in [9.17, 15) is 4.79 Å². The first-order valence-electron chi connectivity index (χ1n) is 8.65. The first-order valence-corrected chi connectivity index (χ1v) is 8.65. The number of amides is 1. The van der Waals surface area contributed by atoms with E-state index in [1.54, 1.807) is 43.5 Å². The Morgan fingerprint density at radius 3 is 2.44 bits per heavy atom. The number of nitrogens with one attached hydrogen (secondary N) is 1. The molecule has 2 aromatic carbocycles. The summed E-state index contributed by atoms with van der Waals surface area (Å²) in [6, 6.07) is 12.5. The summed E-state index contributed by atoms with van der Waals surface area (Å²) in [5.41, 5.74) is 1.43. The predicted octanol–water partition coefficient (Wildman–Crippen LogP) is 3.48. The van der Waals surface area contributed by atoms with E-state index in [4.69, 9.17) is 19.0 Å². The number of hydrogen-bond donors (Lipinski definition) is 1. The Morgan fingerprint density at radius 1 is 1.04 bits per heavy atom. The van der Waals surface area contributed by atoms with Gasteiger partial charge in [-0.3, -0.25) is 4.79 Å². The van der Waals surface area contributed by atoms with Gasteiger partial charge in [0.2, 0.25) is 0 Å². The first kappa shape index (κ1) is 20.1. The van der Waals surface area contributed by atoms with Crippen LogP contribution in [0.1, 0.15) is 19.4 Å². The molecule has 0 spiro atoms. The molecule has 0 saturated heterocycles. The van der Waals surface area contributed by atoms with Crippen LogP contribution in [-0.4, -0.2) is 39.1 Å². The molecule has 0 aliphatic heterocycles. The second-order valence-corrected chi connectivity index (χ2v) is 5.36. The maximum Gasteiger partial charge on any atom is 0.265 e. The van der Waals surface area contributed by atoms with Gasteiger partial charge in [-0.1, -0.05) is 5.16 Å². The van der Waals surface area contributed by atoms with Crippen molar-refractivity contribution in [2.24, 2.45) is 5.16 Å². The van der Waals surface area contributed by atoms with Crippen LogP contribution in [0.2, 0.25) is 0 Å². The van der Waals surface area contributed by atoms with Crippen molar-refractivity contribution in [2.45, 2.75) is 13.8 Å². The Kier molecular flexibility index (Phi) is 7.96. The molecule has 7 nitrogen and oxygen atoms in total. The molecular formula is C20H24N2O5. The van der Waals surface area contributed by atoms with E-state index in [1.807, 2.05) is 19.9 Å². The number of benzene rings is 2. The molecular weight excluding hydrogens is 348 g/mol. The van der Waals surface area contributed by atoms with Gasteiger partial charge in [-0.2, -0.15) is 0 Å². The molecule has 27 heavy (non-hydrogen) atoms. The fraction of sp³-hybridized carbons (Fsp3) is 0.300. The monoisotopic (exact) mass is 372 g/mol. The standard InChI is InChI=1S/C20H24N2O5/c1-4-25-17-9-7-16(8-10-17)22-20(23)14-27-21-13-15-6-11-18(26-5-2)19(12-15)24-3/h6-13H,4-5,14H2,1-3H3,(H,22,23)/b21-13-. The van der Waals surface area contributed by atoms with Crippen LogP contribution in [0.5, 0.6) is 17.2 Å². The molecule has 0 bridgehead atoms. The number of hydrogen-bond acceptors (Lipinski definition) is 6. The lowest BCUT2D eigenvalue weighted by atomic mass is 10.2. The zero-order valence-electron chi connectivity index (χ0n) is 15.7. The summed E-state index contributed by atoms with van der Waals surface area (Å²) in [5.74, 6) is 1.71. The molecule has 1 amide bonds. The van der Waals surface area contributed by atoms with Crippen LogP contribution < -0.4 is 19.5 Å². The fourth-order valence-corrected chi connectivity index (χ4v) is 2.23. The SMILES string of the molecule is CCOc1ccc(NC(=O)CO/N=C\c2ccc(OCC)c(OC)c2)cc1. The van der Waals surface area contributed by atoms with Gasteiger partial charge in [-0.15, -0.1) is 0 Å². The highest BCUT2D eigenvalue weighted by molar-refractivity contribution is 5.91. The van der Waals surface area contributed by atoms with Crippen molar-refractivity contribution in [1.82, 2.24) is 0 Å². The number of ether oxygens (including phenoxy) is 3. The second kappa shape index (κ2) is 10.7. The van der Waals surface area contributed by atoms with Crippen LogP contribution in [0.15, 0.2) is 47.6 Å². The van der Waals surface area contributed by atoms with Gasteiger partial charge in [0.25, 0.3) is 5.91 Å². The summed E-state index contributed by atoms with van der Waals surface area (Å²) in [4.78, 5) is 16.9. The maximum atomic E-state index is 11.9. The van der Waals surface area contributed by atoms with Crippen molar-refractivity contribution >= 4 is 17.8 Å². The van der Waals surface area contributed by atoms with Crippen LogP contribution in [-0.2, 0) is 9.63 Å². The molecule has 144 valence electrons. The number of carbonyl (C=O) groups excluding carboxylic acids is 1. The van der Waals surface area contributed by atoms with Gasteiger partial charge < -0.3 is 24.4 Å². The number of oxime groups is 1. The number of rotatable bonds is 10. The van der Waals surface area contributed by atoms with Gasteiger partial charge >= 0.3 is 0 Å². The Morgan fingerprint density at radius 2 is 1.78 bits per heavy atom. The molecule has 0 heterocycles. The molecule has 0 atom stereocenters. The minimum absolute atomic E-state index is 0.197. The fourth-order valence-electron chi connectivity index (χ4n) is 2.23. The molecule has 1 N–H and O–H groups in total. The van der Waals surface area contributed by atoms with Gasteiger partial charge in [0.1, 0.15) is 5.75 Å². The van der Waals surface area contributed by atoms with Crippen LogP contribution in [0.3, 0.4) is 0 Å². The third kappa shape index (κ3) is 6.54. The zero-order chi connectivity index (χ0) is 19.5. The van der Waals surface area contributed by atoms with Crippen LogP contribution >= 0.6 is 0 Å². The van der Waals surface area contributed by atoms with E-state index in [0.29, 0.717) is 30.4 Å². The Labute approximate surface area is 158 Å². The molecule has 0 aromatic heterocycles. The van der Waals surface area contributed by atoms with Crippen LogP contribution in [0, 0.1) is 0 Å². The van der Waals surface area contributed by atoms with Crippen molar-refractivity contribution in [3.63, 3.8) is 0 Å². The largest absolute Gasteiger partial charge is 0.494 e. The topological polar surface area (TPSA) is 78.4 Å². The van der Waals surface area contributed by atoms with E-state index in [1.165, 1.54) is 6.21 Å². The summed E-state index contributed by atoms with van der Waals surface area (Å²) in [6.07, 6.45) is 1.50. The normalized spacial score (nSPS) is 10.5. The van der Waals surface area contributed by atoms with Gasteiger partial charge in [-0.25, -0.2) is 0 Å². The lowest BCUT2D eigenvalue weighted by Crippen LogP contribution is -2.16. The average molecular weight is 372 g/mol. The van der Waals surface area contributed by atoms with Gasteiger partial charge in [0.15, 0.2) is 18.1 Å². The Hall–Kier alpha value is -3.22. The average Bonchev–Trinajstić information content (AvgIpc) is 2.68. The number of nitrogens with zero attached hydrogens (tertiary/aromatic N) is 1. The summed E-state index contributed by atoms with van der Waals surface area (Å²) in [6.45, 7) is 4.77. The van der Waals surface area contributed by atoms with Crippen LogP contribution in [0.25, 0.3) is 0 Å². The lowest BCUT2D eigenvalue weighted by Gasteiger charge is -2.09. The van der Waals surface area contributed by atoms with Gasteiger partial charge in [0, 0.05) is 11.3 Å². The summed E-state index contributed by atoms with van der Waals surface area (Å²) in [5, 5.41) is 6.53. The van der Waals surface area contributed by atoms with Gasteiger partial charge in [-0.05, 0) is 56.3 Å². The van der Waals surface area contributed by atoms with Crippen molar-refractivity contribution in [1.29, 1.82) is 0 Å². The summed E-state index contributed by atoms with van der Waals surface area (Å²) < 4.78 is 16.1. The molecule has 7 heteroatoms. The molecule has 2 rings (SSSR count). The highest BCUT2D eigenvalue weighted by atomic mass is 16.6. The smallest absolute Gasteiger partial charge is 0.265 e. The van der Waals surface area contributed by atoms with E-state index in [0.717, 1.165) is 11.3 Å². The van der Waals surface area contributed by atoms with Gasteiger partial charge in [0.05, 0.1) is 26.5 Å². The molecule has 2 aromatic rings. The maximum absolute atomic E-state index is 11.9. The lowest BCUT2D eigenvalue weighted by molar-refractivity contribution is -0.120. The van der Waals surface area contributed by atoms with E-state index < -0.39 is 0 Å².